The van der Waals surface area contributed by atoms with Gasteiger partial charge in [0.15, 0.2) is 5.75 Å². The summed E-state index contributed by atoms with van der Waals surface area (Å²) in [6.45, 7) is 0.745. The smallest absolute Gasteiger partial charge is 0.312 e. The molecule has 0 amide bonds. The lowest BCUT2D eigenvalue weighted by atomic mass is 10.2. The van der Waals surface area contributed by atoms with Crippen LogP contribution in [0.25, 0.3) is 0 Å². The van der Waals surface area contributed by atoms with E-state index in [1.807, 2.05) is 24.3 Å². The summed E-state index contributed by atoms with van der Waals surface area (Å²) in [6.07, 6.45) is 0. The Balaban J connectivity index is 1.69. The SMILES string of the molecule is O=[N+]([O-])c1cc(NCc2ccc(Cl)cc2)ccc1OCc1ccc(Cl)cc1. The zero-order valence-corrected chi connectivity index (χ0v) is 15.7. The van der Waals surface area contributed by atoms with Gasteiger partial charge in [0.2, 0.25) is 0 Å². The van der Waals surface area contributed by atoms with Gasteiger partial charge in [-0.15, -0.1) is 0 Å². The summed E-state index contributed by atoms with van der Waals surface area (Å²) in [7, 11) is 0. The van der Waals surface area contributed by atoms with Gasteiger partial charge in [0.05, 0.1) is 4.92 Å². The number of ether oxygens (including phenoxy) is 1. The fourth-order valence-electron chi connectivity index (χ4n) is 2.44. The maximum atomic E-state index is 11.4. The molecule has 0 spiro atoms. The maximum Gasteiger partial charge on any atom is 0.312 e. The molecule has 0 unspecified atom stereocenters. The van der Waals surface area contributed by atoms with E-state index < -0.39 is 4.92 Å². The van der Waals surface area contributed by atoms with E-state index in [9.17, 15) is 10.1 Å². The molecule has 0 aliphatic heterocycles. The Kier molecular flexibility index (Phi) is 6.16. The standard InChI is InChI=1S/C20H16Cl2N2O3/c21-16-5-1-14(2-6-16)12-23-18-9-10-20(19(11-18)24(25)26)27-13-15-3-7-17(22)8-4-15/h1-11,23H,12-13H2. The third kappa shape index (κ3) is 5.36. The Labute approximate surface area is 166 Å². The monoisotopic (exact) mass is 402 g/mol. The van der Waals surface area contributed by atoms with Crippen molar-refractivity contribution in [2.45, 2.75) is 13.2 Å². The molecule has 138 valence electrons. The second kappa shape index (κ2) is 8.75. The van der Waals surface area contributed by atoms with Crippen LogP contribution in [0.2, 0.25) is 10.0 Å². The van der Waals surface area contributed by atoms with E-state index >= 15 is 0 Å². The first-order valence-electron chi connectivity index (χ1n) is 8.15. The van der Waals surface area contributed by atoms with Crippen LogP contribution < -0.4 is 10.1 Å². The summed E-state index contributed by atoms with van der Waals surface area (Å²) in [5.41, 5.74) is 2.43. The highest BCUT2D eigenvalue weighted by Gasteiger charge is 2.16. The van der Waals surface area contributed by atoms with Crippen LogP contribution >= 0.6 is 23.2 Å². The van der Waals surface area contributed by atoms with Gasteiger partial charge in [-0.1, -0.05) is 47.5 Å². The molecule has 1 N–H and O–H groups in total. The quantitative estimate of drug-likeness (QED) is 0.383. The van der Waals surface area contributed by atoms with Crippen LogP contribution in [0.4, 0.5) is 11.4 Å². The summed E-state index contributed by atoms with van der Waals surface area (Å²) < 4.78 is 5.63. The lowest BCUT2D eigenvalue weighted by Gasteiger charge is -2.10. The topological polar surface area (TPSA) is 64.4 Å². The van der Waals surface area contributed by atoms with Crippen molar-refractivity contribution in [1.29, 1.82) is 0 Å². The number of hydrogen-bond acceptors (Lipinski definition) is 4. The van der Waals surface area contributed by atoms with Crippen molar-refractivity contribution >= 4 is 34.6 Å². The van der Waals surface area contributed by atoms with E-state index in [1.165, 1.54) is 6.07 Å². The number of hydrogen-bond donors (Lipinski definition) is 1. The van der Waals surface area contributed by atoms with Gasteiger partial charge < -0.3 is 10.1 Å². The first-order valence-corrected chi connectivity index (χ1v) is 8.91. The molecular weight excluding hydrogens is 387 g/mol. The molecule has 0 bridgehead atoms. The van der Waals surface area contributed by atoms with E-state index in [2.05, 4.69) is 5.32 Å². The third-order valence-corrected chi connectivity index (χ3v) is 4.38. The number of nitro benzene ring substituents is 1. The summed E-state index contributed by atoms with van der Waals surface area (Å²) in [4.78, 5) is 11.0. The molecule has 0 saturated heterocycles. The summed E-state index contributed by atoms with van der Waals surface area (Å²) >= 11 is 11.7. The minimum atomic E-state index is -0.454. The molecule has 3 aromatic carbocycles. The van der Waals surface area contributed by atoms with Crippen LogP contribution in [-0.2, 0) is 13.2 Å². The lowest BCUT2D eigenvalue weighted by Crippen LogP contribution is -2.02. The highest BCUT2D eigenvalue weighted by atomic mass is 35.5. The zero-order valence-electron chi connectivity index (χ0n) is 14.2. The Morgan fingerprint density at radius 2 is 1.48 bits per heavy atom. The van der Waals surface area contributed by atoms with Gasteiger partial charge in [0.25, 0.3) is 0 Å². The highest BCUT2D eigenvalue weighted by molar-refractivity contribution is 6.30. The van der Waals surface area contributed by atoms with Crippen molar-refractivity contribution in [2.75, 3.05) is 5.32 Å². The normalized spacial score (nSPS) is 10.4. The number of nitrogens with zero attached hydrogens (tertiary/aromatic N) is 1. The Bertz CT molecular complexity index is 929. The van der Waals surface area contributed by atoms with Gasteiger partial charge in [0.1, 0.15) is 6.61 Å². The largest absolute Gasteiger partial charge is 0.482 e. The number of nitrogens with one attached hydrogen (secondary N) is 1. The number of halogens is 2. The van der Waals surface area contributed by atoms with Gasteiger partial charge in [-0.25, -0.2) is 0 Å². The summed E-state index contributed by atoms with van der Waals surface area (Å²) in [6, 6.07) is 19.3. The van der Waals surface area contributed by atoms with Crippen LogP contribution in [0, 0.1) is 10.1 Å². The van der Waals surface area contributed by atoms with E-state index in [-0.39, 0.29) is 18.0 Å². The molecule has 0 fully saturated rings. The second-order valence-corrected chi connectivity index (χ2v) is 6.71. The van der Waals surface area contributed by atoms with E-state index in [1.54, 1.807) is 36.4 Å². The van der Waals surface area contributed by atoms with E-state index in [4.69, 9.17) is 27.9 Å². The average Bonchev–Trinajstić information content (AvgIpc) is 2.67. The maximum absolute atomic E-state index is 11.4. The Morgan fingerprint density at radius 3 is 2.07 bits per heavy atom. The summed E-state index contributed by atoms with van der Waals surface area (Å²) in [5.74, 6) is 0.215. The first kappa shape index (κ1) is 19.0. The van der Waals surface area contributed by atoms with Gasteiger partial charge in [-0.2, -0.15) is 0 Å². The van der Waals surface area contributed by atoms with Crippen molar-refractivity contribution in [3.8, 4) is 5.75 Å². The minimum Gasteiger partial charge on any atom is -0.482 e. The van der Waals surface area contributed by atoms with Crippen molar-refractivity contribution < 1.29 is 9.66 Å². The molecule has 3 aromatic rings. The van der Waals surface area contributed by atoms with Gasteiger partial charge in [-0.05, 0) is 47.5 Å². The van der Waals surface area contributed by atoms with E-state index in [0.29, 0.717) is 22.3 Å². The highest BCUT2D eigenvalue weighted by Crippen LogP contribution is 2.31. The van der Waals surface area contributed by atoms with Gasteiger partial charge in [0, 0.05) is 28.3 Å². The third-order valence-electron chi connectivity index (χ3n) is 3.87. The molecule has 0 heterocycles. The average molecular weight is 403 g/mol. The number of anilines is 1. The molecule has 7 heteroatoms. The van der Waals surface area contributed by atoms with Crippen LogP contribution in [0.1, 0.15) is 11.1 Å². The molecule has 0 aromatic heterocycles. The van der Waals surface area contributed by atoms with Crippen molar-refractivity contribution in [2.24, 2.45) is 0 Å². The Hall–Kier alpha value is -2.76. The minimum absolute atomic E-state index is 0.0925. The number of benzene rings is 3. The Morgan fingerprint density at radius 1 is 0.889 bits per heavy atom. The zero-order chi connectivity index (χ0) is 19.2. The molecule has 0 saturated carbocycles. The fourth-order valence-corrected chi connectivity index (χ4v) is 2.69. The van der Waals surface area contributed by atoms with Crippen LogP contribution in [-0.4, -0.2) is 4.92 Å². The van der Waals surface area contributed by atoms with Crippen molar-refractivity contribution in [1.82, 2.24) is 0 Å². The molecule has 0 aliphatic carbocycles. The molecule has 0 atom stereocenters. The molecule has 0 radical (unpaired) electrons. The summed E-state index contributed by atoms with van der Waals surface area (Å²) in [5, 5.41) is 15.9. The van der Waals surface area contributed by atoms with Gasteiger partial charge in [-0.3, -0.25) is 10.1 Å². The predicted octanol–water partition coefficient (Wildman–Crippen LogP) is 6.09. The number of rotatable bonds is 7. The van der Waals surface area contributed by atoms with E-state index in [0.717, 1.165) is 11.1 Å². The van der Waals surface area contributed by atoms with Crippen molar-refractivity contribution in [3.05, 3.63) is 98.0 Å². The fraction of sp³-hybridized carbons (Fsp3) is 0.100. The predicted molar refractivity (Wildman–Crippen MR) is 108 cm³/mol. The van der Waals surface area contributed by atoms with Crippen LogP contribution in [0.3, 0.4) is 0 Å². The number of nitro groups is 1. The molecular formula is C20H16Cl2N2O3. The van der Waals surface area contributed by atoms with Crippen molar-refractivity contribution in [3.63, 3.8) is 0 Å². The van der Waals surface area contributed by atoms with Gasteiger partial charge >= 0.3 is 5.69 Å². The molecule has 0 aliphatic rings. The lowest BCUT2D eigenvalue weighted by molar-refractivity contribution is -0.385. The first-order chi connectivity index (χ1) is 13.0. The van der Waals surface area contributed by atoms with Crippen LogP contribution in [0.5, 0.6) is 5.75 Å². The van der Waals surface area contributed by atoms with Crippen LogP contribution in [0.15, 0.2) is 66.7 Å². The molecule has 27 heavy (non-hydrogen) atoms. The molecule has 5 nitrogen and oxygen atoms in total. The second-order valence-electron chi connectivity index (χ2n) is 5.83. The molecule has 3 rings (SSSR count).